The van der Waals surface area contributed by atoms with Gasteiger partial charge in [-0.2, -0.15) is 11.8 Å². The average Bonchev–Trinajstić information content (AvgIpc) is 1.97. The highest BCUT2D eigenvalue weighted by atomic mass is 32.2. The van der Waals surface area contributed by atoms with E-state index < -0.39 is 19.1 Å². The van der Waals surface area contributed by atoms with Crippen LogP contribution >= 0.6 is 11.8 Å². The second-order valence-electron chi connectivity index (χ2n) is 2.29. The molecule has 0 aromatic carbocycles. The number of carboxylic acids is 1. The number of rotatable bonds is 6. The van der Waals surface area contributed by atoms with Gasteiger partial charge in [0, 0.05) is 5.75 Å². The van der Waals surface area contributed by atoms with Crippen LogP contribution in [-0.4, -0.2) is 45.8 Å². The van der Waals surface area contributed by atoms with Crippen molar-refractivity contribution >= 4 is 24.8 Å². The zero-order chi connectivity index (χ0) is 9.56. The van der Waals surface area contributed by atoms with Gasteiger partial charge in [-0.15, -0.1) is 0 Å². The summed E-state index contributed by atoms with van der Waals surface area (Å²) in [4.78, 5) is 10.2. The maximum Gasteiger partial charge on any atom is 0.452 e. The van der Waals surface area contributed by atoms with Crippen molar-refractivity contribution in [3.63, 3.8) is 0 Å². The van der Waals surface area contributed by atoms with E-state index in [0.29, 0.717) is 11.5 Å². The monoisotopic (exact) mass is 209 g/mol. The smallest absolute Gasteiger partial charge is 0.452 e. The van der Waals surface area contributed by atoms with Crippen molar-refractivity contribution in [1.29, 1.82) is 0 Å². The van der Waals surface area contributed by atoms with Gasteiger partial charge in [-0.3, -0.25) is 4.79 Å². The molecule has 78 valence electrons. The van der Waals surface area contributed by atoms with E-state index in [1.54, 1.807) is 0 Å². The number of carboxylic acid groups (broad SMARTS) is 1. The van der Waals surface area contributed by atoms with Gasteiger partial charge in [-0.05, 0) is 12.1 Å². The first kappa shape index (κ1) is 15.2. The number of nitrogens with two attached hydrogens (primary N) is 1. The van der Waals surface area contributed by atoms with Crippen molar-refractivity contribution in [2.75, 3.05) is 11.5 Å². The molecule has 0 amide bonds. The van der Waals surface area contributed by atoms with Gasteiger partial charge in [0.15, 0.2) is 0 Å². The Balaban J connectivity index is 0. The summed E-state index contributed by atoms with van der Waals surface area (Å²) in [5.74, 6) is -0.243. The molecule has 0 aromatic rings. The molecule has 5 nitrogen and oxygen atoms in total. The van der Waals surface area contributed by atoms with Gasteiger partial charge in [0.2, 0.25) is 0 Å². The van der Waals surface area contributed by atoms with E-state index in [9.17, 15) is 4.79 Å². The summed E-state index contributed by atoms with van der Waals surface area (Å²) >= 11 is 1.29. The first-order valence-corrected chi connectivity index (χ1v) is 4.61. The van der Waals surface area contributed by atoms with Crippen LogP contribution in [0.15, 0.2) is 0 Å². The second kappa shape index (κ2) is 8.37. The number of hydrogen-bond donors (Lipinski definition) is 4. The predicted molar refractivity (Wildman–Crippen MR) is 54.7 cm³/mol. The molecule has 0 bridgehead atoms. The third kappa shape index (κ3) is 9.68. The summed E-state index contributed by atoms with van der Waals surface area (Å²) < 4.78 is 0. The number of hydrogen-bond acceptors (Lipinski definition) is 5. The maximum atomic E-state index is 10.2. The molecule has 0 aromatic heterocycles. The molecule has 1 atom stereocenters. The largest absolute Gasteiger partial charge is 0.480 e. The molecule has 5 N–H and O–H groups in total. The molecule has 0 fully saturated rings. The third-order valence-electron chi connectivity index (χ3n) is 1.13. The topological polar surface area (TPSA) is 104 Å². The zero-order valence-corrected chi connectivity index (χ0v) is 7.33. The first-order valence-electron chi connectivity index (χ1n) is 3.46. The molecule has 0 aliphatic heterocycles. The Morgan fingerprint density at radius 2 is 2.08 bits per heavy atom. The minimum Gasteiger partial charge on any atom is -0.480 e. The van der Waals surface area contributed by atoms with E-state index in [2.05, 4.69) is 0 Å². The standard InChI is InChI=1S/C5H12BNO4S.CH4/c7-4(5(8)9)3-12-2-1-6(10)11;/h4,10-11H,1-3,7H2,(H,8,9);1H4/t4-;/m0./s1. The Bertz CT molecular complexity index is 147. The Morgan fingerprint density at radius 3 is 2.46 bits per heavy atom. The van der Waals surface area contributed by atoms with E-state index in [0.717, 1.165) is 0 Å². The third-order valence-corrected chi connectivity index (χ3v) is 2.25. The van der Waals surface area contributed by atoms with Crippen molar-refractivity contribution in [2.24, 2.45) is 5.73 Å². The van der Waals surface area contributed by atoms with E-state index in [4.69, 9.17) is 20.9 Å². The van der Waals surface area contributed by atoms with Crippen LogP contribution in [0.1, 0.15) is 7.43 Å². The van der Waals surface area contributed by atoms with Crippen molar-refractivity contribution < 1.29 is 19.9 Å². The Morgan fingerprint density at radius 1 is 1.54 bits per heavy atom. The van der Waals surface area contributed by atoms with Crippen molar-refractivity contribution in [2.45, 2.75) is 19.8 Å². The minimum absolute atomic E-state index is 0. The fourth-order valence-electron chi connectivity index (χ4n) is 0.470. The van der Waals surface area contributed by atoms with Crippen molar-refractivity contribution in [3.05, 3.63) is 0 Å². The molecule has 13 heavy (non-hydrogen) atoms. The number of aliphatic carboxylic acids is 1. The van der Waals surface area contributed by atoms with Gasteiger partial charge < -0.3 is 20.9 Å². The summed E-state index contributed by atoms with van der Waals surface area (Å²) in [6.45, 7) is 0. The lowest BCUT2D eigenvalue weighted by molar-refractivity contribution is -0.137. The fourth-order valence-corrected chi connectivity index (χ4v) is 1.41. The molecule has 0 saturated carbocycles. The quantitative estimate of drug-likeness (QED) is 0.338. The fraction of sp³-hybridized carbons (Fsp3) is 0.833. The Labute approximate surface area is 82.5 Å². The average molecular weight is 209 g/mol. The van der Waals surface area contributed by atoms with Crippen LogP contribution in [-0.2, 0) is 4.79 Å². The van der Waals surface area contributed by atoms with Crippen LogP contribution in [0, 0.1) is 0 Å². The summed E-state index contributed by atoms with van der Waals surface area (Å²) in [5, 5.41) is 25.2. The van der Waals surface area contributed by atoms with Gasteiger partial charge in [-0.1, -0.05) is 7.43 Å². The maximum absolute atomic E-state index is 10.2. The summed E-state index contributed by atoms with van der Waals surface area (Å²) in [6, 6.07) is -0.870. The molecular formula is C6H16BNO4S. The highest BCUT2D eigenvalue weighted by Gasteiger charge is 2.12. The lowest BCUT2D eigenvalue weighted by atomic mass is 9.88. The lowest BCUT2D eigenvalue weighted by Gasteiger charge is -2.04. The molecule has 7 heteroatoms. The number of carbonyl (C=O) groups is 1. The second-order valence-corrected chi connectivity index (χ2v) is 3.44. The van der Waals surface area contributed by atoms with Crippen molar-refractivity contribution in [1.82, 2.24) is 0 Å². The van der Waals surface area contributed by atoms with Gasteiger partial charge in [-0.25, -0.2) is 0 Å². The Hall–Kier alpha value is -0.235. The van der Waals surface area contributed by atoms with Crippen LogP contribution in [0.2, 0.25) is 6.32 Å². The normalized spacial score (nSPS) is 11.6. The van der Waals surface area contributed by atoms with E-state index in [-0.39, 0.29) is 13.7 Å². The first-order chi connectivity index (χ1) is 5.54. The summed E-state index contributed by atoms with van der Waals surface area (Å²) in [7, 11) is -1.32. The molecule has 0 aliphatic carbocycles. The van der Waals surface area contributed by atoms with Gasteiger partial charge in [0.05, 0.1) is 0 Å². The van der Waals surface area contributed by atoms with Crippen molar-refractivity contribution in [3.8, 4) is 0 Å². The molecule has 0 saturated heterocycles. The minimum atomic E-state index is -1.32. The van der Waals surface area contributed by atoms with Crippen LogP contribution < -0.4 is 5.73 Å². The van der Waals surface area contributed by atoms with Gasteiger partial charge in [0.1, 0.15) is 6.04 Å². The van der Waals surface area contributed by atoms with Crippen LogP contribution in [0.3, 0.4) is 0 Å². The predicted octanol–water partition coefficient (Wildman–Crippen LogP) is -0.760. The van der Waals surface area contributed by atoms with Crippen LogP contribution in [0.4, 0.5) is 0 Å². The summed E-state index contributed by atoms with van der Waals surface area (Å²) in [6.07, 6.45) is 0.233. The summed E-state index contributed by atoms with van der Waals surface area (Å²) in [5.41, 5.74) is 5.19. The highest BCUT2D eigenvalue weighted by molar-refractivity contribution is 7.99. The molecule has 0 unspecified atom stereocenters. The molecule has 0 radical (unpaired) electrons. The number of thioether (sulfide) groups is 1. The Kier molecular flexibility index (Phi) is 9.81. The highest BCUT2D eigenvalue weighted by Crippen LogP contribution is 2.04. The lowest BCUT2D eigenvalue weighted by Crippen LogP contribution is -2.32. The zero-order valence-electron chi connectivity index (χ0n) is 6.51. The van der Waals surface area contributed by atoms with Crippen LogP contribution in [0.5, 0.6) is 0 Å². The molecule has 0 aliphatic rings. The van der Waals surface area contributed by atoms with Crippen LogP contribution in [0.25, 0.3) is 0 Å². The SMILES string of the molecule is C.N[C@@H](CSCCB(O)O)C(=O)O. The van der Waals surface area contributed by atoms with Gasteiger partial charge in [0.25, 0.3) is 0 Å². The molecule has 0 spiro atoms. The van der Waals surface area contributed by atoms with E-state index in [1.165, 1.54) is 11.8 Å². The van der Waals surface area contributed by atoms with E-state index in [1.807, 2.05) is 0 Å². The molecule has 0 rings (SSSR count). The van der Waals surface area contributed by atoms with E-state index >= 15 is 0 Å². The van der Waals surface area contributed by atoms with Gasteiger partial charge >= 0.3 is 13.1 Å². The molecular weight excluding hydrogens is 193 g/mol. The molecule has 0 heterocycles.